The molecule has 0 spiro atoms. The van der Waals surface area contributed by atoms with Gasteiger partial charge in [0.25, 0.3) is 0 Å². The highest BCUT2D eigenvalue weighted by molar-refractivity contribution is 7.66. The average Bonchev–Trinajstić information content (AvgIpc) is 2.52. The fourth-order valence-corrected chi connectivity index (χ4v) is 4.59. The number of hydrogen-bond acceptors (Lipinski definition) is 3. The van der Waals surface area contributed by atoms with Crippen LogP contribution in [0.1, 0.15) is 55.5 Å². The number of carbonyl (C=O) groups is 2. The summed E-state index contributed by atoms with van der Waals surface area (Å²) in [6.45, 7) is 10.9. The van der Waals surface area contributed by atoms with Gasteiger partial charge < -0.3 is 0 Å². The summed E-state index contributed by atoms with van der Waals surface area (Å²) in [6, 6.07) is 9.41. The summed E-state index contributed by atoms with van der Waals surface area (Å²) in [5, 5.41) is 0. The molecule has 0 aliphatic heterocycles. The molecule has 0 saturated heterocycles. The highest BCUT2D eigenvalue weighted by Crippen LogP contribution is 2.37. The third kappa shape index (κ3) is 3.77. The van der Waals surface area contributed by atoms with E-state index in [9.17, 15) is 14.2 Å². The monoisotopic (exact) mass is 355 g/mol. The number of carbonyl (C=O) groups excluding carboxylic acids is 2. The van der Waals surface area contributed by atoms with E-state index < -0.39 is 19.0 Å². The van der Waals surface area contributed by atoms with Crippen molar-refractivity contribution in [1.82, 2.24) is 0 Å². The van der Waals surface area contributed by atoms with E-state index in [4.69, 9.17) is 0 Å². The third-order valence-corrected chi connectivity index (χ3v) is 6.11. The van der Waals surface area contributed by atoms with E-state index in [0.29, 0.717) is 11.1 Å². The van der Waals surface area contributed by atoms with Gasteiger partial charge in [0.2, 0.25) is 5.52 Å². The first-order valence-corrected chi connectivity index (χ1v) is 9.67. The summed E-state index contributed by atoms with van der Waals surface area (Å²) < 4.78 is 12.8. The van der Waals surface area contributed by atoms with Crippen molar-refractivity contribution in [2.45, 2.75) is 47.2 Å². The largest absolute Gasteiger partial charge is 0.293 e. The SMILES string of the molecule is Cc1cc(C)c(C(=O)[P](=O)C(C)C(=O)c2c(C)cccc2C)c(C)c1. The molecular weight excluding hydrogens is 331 g/mol. The number of benzene rings is 2. The number of Topliss-reactive ketones (excluding diaryl/α,β-unsaturated/α-hetero) is 1. The molecule has 25 heavy (non-hydrogen) atoms. The molecule has 0 fully saturated rings. The molecule has 2 aromatic carbocycles. The van der Waals surface area contributed by atoms with Crippen molar-refractivity contribution >= 4 is 19.1 Å². The number of ketones is 1. The standard InChI is InChI=1S/C21H24O3P/c1-12-10-15(4)19(16(5)11-12)21(23)25(24)17(6)20(22)18-13(2)8-7-9-14(18)3/h7-11,17H,1-6H3. The van der Waals surface area contributed by atoms with Gasteiger partial charge in [-0.2, -0.15) is 0 Å². The molecule has 1 radical (unpaired) electrons. The van der Waals surface area contributed by atoms with Crippen molar-refractivity contribution < 1.29 is 14.2 Å². The van der Waals surface area contributed by atoms with Crippen molar-refractivity contribution in [2.24, 2.45) is 0 Å². The maximum atomic E-state index is 12.9. The van der Waals surface area contributed by atoms with Gasteiger partial charge in [0.05, 0.1) is 5.66 Å². The second-order valence-corrected chi connectivity index (χ2v) is 8.54. The van der Waals surface area contributed by atoms with Gasteiger partial charge >= 0.3 is 0 Å². The Bertz CT molecular complexity index is 837. The van der Waals surface area contributed by atoms with E-state index in [-0.39, 0.29) is 5.78 Å². The fourth-order valence-electron chi connectivity index (χ4n) is 3.32. The number of hydrogen-bond donors (Lipinski definition) is 0. The molecule has 4 heteroatoms. The van der Waals surface area contributed by atoms with Crippen LogP contribution in [0.4, 0.5) is 0 Å². The van der Waals surface area contributed by atoms with Crippen molar-refractivity contribution in [2.75, 3.05) is 0 Å². The summed E-state index contributed by atoms with van der Waals surface area (Å²) in [5.41, 5.74) is 4.12. The molecule has 3 nitrogen and oxygen atoms in total. The Hall–Kier alpha value is -2.12. The van der Waals surface area contributed by atoms with Crippen molar-refractivity contribution in [3.63, 3.8) is 0 Å². The zero-order valence-corrected chi connectivity index (χ0v) is 16.5. The molecule has 131 valence electrons. The Morgan fingerprint density at radius 3 is 1.80 bits per heavy atom. The molecule has 0 aliphatic rings. The number of rotatable bonds is 5. The van der Waals surface area contributed by atoms with E-state index in [2.05, 4.69) is 0 Å². The van der Waals surface area contributed by atoms with Gasteiger partial charge in [0.15, 0.2) is 13.6 Å². The maximum absolute atomic E-state index is 12.9. The zero-order valence-electron chi connectivity index (χ0n) is 15.6. The van der Waals surface area contributed by atoms with Gasteiger partial charge in [-0.1, -0.05) is 35.9 Å². The first kappa shape index (κ1) is 19.2. The van der Waals surface area contributed by atoms with Gasteiger partial charge in [0.1, 0.15) is 0 Å². The molecule has 0 amide bonds. The minimum atomic E-state index is -2.35. The van der Waals surface area contributed by atoms with E-state index >= 15 is 0 Å². The van der Waals surface area contributed by atoms with Crippen LogP contribution in [0.25, 0.3) is 0 Å². The van der Waals surface area contributed by atoms with Crippen molar-refractivity contribution in [1.29, 1.82) is 0 Å². The molecule has 0 bridgehead atoms. The lowest BCUT2D eigenvalue weighted by Crippen LogP contribution is -2.19. The second-order valence-electron chi connectivity index (χ2n) is 6.71. The van der Waals surface area contributed by atoms with Crippen LogP contribution in [0.15, 0.2) is 30.3 Å². The van der Waals surface area contributed by atoms with Gasteiger partial charge in [-0.25, -0.2) is 0 Å². The molecule has 2 aromatic rings. The summed E-state index contributed by atoms with van der Waals surface area (Å²) in [4.78, 5) is 25.7. The van der Waals surface area contributed by atoms with Crippen LogP contribution in [0.5, 0.6) is 0 Å². The van der Waals surface area contributed by atoms with Gasteiger partial charge in [-0.15, -0.1) is 0 Å². The lowest BCUT2D eigenvalue weighted by atomic mass is 9.98. The Kier molecular flexibility index (Phi) is 5.69. The third-order valence-electron chi connectivity index (χ3n) is 4.55. The van der Waals surface area contributed by atoms with Crippen LogP contribution in [-0.2, 0) is 4.57 Å². The van der Waals surface area contributed by atoms with Crippen LogP contribution >= 0.6 is 7.80 Å². The molecule has 2 atom stereocenters. The Balaban J connectivity index is 2.37. The molecule has 0 saturated carbocycles. The average molecular weight is 355 g/mol. The summed E-state index contributed by atoms with van der Waals surface area (Å²) in [6.07, 6.45) is 0. The van der Waals surface area contributed by atoms with Crippen LogP contribution in [0.2, 0.25) is 0 Å². The van der Waals surface area contributed by atoms with Crippen LogP contribution in [0.3, 0.4) is 0 Å². The van der Waals surface area contributed by atoms with E-state index in [0.717, 1.165) is 27.8 Å². The smallest absolute Gasteiger partial charge is 0.243 e. The van der Waals surface area contributed by atoms with E-state index in [1.54, 1.807) is 6.92 Å². The Morgan fingerprint density at radius 1 is 0.840 bits per heavy atom. The molecule has 0 aromatic heterocycles. The predicted octanol–water partition coefficient (Wildman–Crippen LogP) is 5.47. The molecular formula is C21H24O3P. The molecule has 0 aliphatic carbocycles. The van der Waals surface area contributed by atoms with Gasteiger partial charge in [-0.05, 0) is 63.8 Å². The van der Waals surface area contributed by atoms with Crippen molar-refractivity contribution in [3.05, 3.63) is 69.3 Å². The van der Waals surface area contributed by atoms with Crippen molar-refractivity contribution in [3.8, 4) is 0 Å². The predicted molar refractivity (Wildman–Crippen MR) is 102 cm³/mol. The summed E-state index contributed by atoms with van der Waals surface area (Å²) in [5.74, 6) is -0.229. The Labute approximate surface area is 150 Å². The second kappa shape index (κ2) is 7.41. The molecule has 0 N–H and O–H groups in total. The molecule has 2 unspecified atom stereocenters. The fraction of sp³-hybridized carbons (Fsp3) is 0.333. The quantitative estimate of drug-likeness (QED) is 0.528. The first-order valence-electron chi connectivity index (χ1n) is 8.34. The van der Waals surface area contributed by atoms with Gasteiger partial charge in [0, 0.05) is 11.1 Å². The zero-order chi connectivity index (χ0) is 18.9. The van der Waals surface area contributed by atoms with Crippen LogP contribution in [0, 0.1) is 34.6 Å². The summed E-state index contributed by atoms with van der Waals surface area (Å²) >= 11 is 0. The van der Waals surface area contributed by atoms with Crippen LogP contribution in [-0.4, -0.2) is 17.0 Å². The van der Waals surface area contributed by atoms with E-state index in [1.165, 1.54) is 0 Å². The highest BCUT2D eigenvalue weighted by atomic mass is 31.1. The highest BCUT2D eigenvalue weighted by Gasteiger charge is 2.31. The minimum Gasteiger partial charge on any atom is -0.293 e. The van der Waals surface area contributed by atoms with Gasteiger partial charge in [-0.3, -0.25) is 14.2 Å². The lowest BCUT2D eigenvalue weighted by Gasteiger charge is -2.15. The van der Waals surface area contributed by atoms with Crippen LogP contribution < -0.4 is 0 Å². The first-order chi connectivity index (χ1) is 11.6. The maximum Gasteiger partial charge on any atom is 0.243 e. The molecule has 0 heterocycles. The Morgan fingerprint density at radius 2 is 1.32 bits per heavy atom. The van der Waals surface area contributed by atoms with E-state index in [1.807, 2.05) is 65.0 Å². The minimum absolute atomic E-state index is 0.229. The molecule has 2 rings (SSSR count). The normalized spacial score (nSPS) is 12.6. The number of aryl methyl sites for hydroxylation is 5. The lowest BCUT2D eigenvalue weighted by molar-refractivity contribution is 0.0981. The summed E-state index contributed by atoms with van der Waals surface area (Å²) in [7, 11) is -2.35. The topological polar surface area (TPSA) is 51.2 Å².